The maximum atomic E-state index is 5.66. The standard InChI is InChI=1S/C14H15NO/c1-3-14-13(8-10(2)15)12-7-5-4-6-11(12)9-16-14/h3-8H,2,9,15H2,1H3/b13-8?,14-3+. The predicted octanol–water partition coefficient (Wildman–Crippen LogP) is 2.98. The Balaban J connectivity index is 2.58. The van der Waals surface area contributed by atoms with Crippen molar-refractivity contribution >= 4 is 5.57 Å². The van der Waals surface area contributed by atoms with E-state index in [2.05, 4.69) is 18.7 Å². The summed E-state index contributed by atoms with van der Waals surface area (Å²) in [6.45, 7) is 6.28. The normalized spacial score (nSPS) is 19.3. The minimum Gasteiger partial charge on any atom is -0.489 e. The first kappa shape index (κ1) is 10.6. The van der Waals surface area contributed by atoms with E-state index in [1.54, 1.807) is 0 Å². The molecule has 0 saturated carbocycles. The van der Waals surface area contributed by atoms with Crippen molar-refractivity contribution in [3.63, 3.8) is 0 Å². The maximum absolute atomic E-state index is 5.66. The molecule has 0 radical (unpaired) electrons. The summed E-state index contributed by atoms with van der Waals surface area (Å²) in [5.74, 6) is 0.866. The van der Waals surface area contributed by atoms with Crippen molar-refractivity contribution in [3.8, 4) is 0 Å². The molecule has 0 spiro atoms. The molecule has 0 fully saturated rings. The molecule has 0 saturated heterocycles. The number of fused-ring (bicyclic) bond motifs is 1. The number of ether oxygens (including phenoxy) is 1. The van der Waals surface area contributed by atoms with Crippen LogP contribution in [0.15, 0.2) is 54.5 Å². The van der Waals surface area contributed by atoms with Gasteiger partial charge in [-0.3, -0.25) is 0 Å². The van der Waals surface area contributed by atoms with E-state index >= 15 is 0 Å². The lowest BCUT2D eigenvalue weighted by Gasteiger charge is -2.23. The first-order valence-corrected chi connectivity index (χ1v) is 5.26. The average Bonchev–Trinajstić information content (AvgIpc) is 2.29. The van der Waals surface area contributed by atoms with Crippen molar-refractivity contribution in [2.45, 2.75) is 13.5 Å². The summed E-state index contributed by atoms with van der Waals surface area (Å²) in [6, 6.07) is 8.17. The van der Waals surface area contributed by atoms with Crippen LogP contribution in [0.3, 0.4) is 0 Å². The molecule has 0 aromatic heterocycles. The average molecular weight is 213 g/mol. The molecule has 0 atom stereocenters. The number of benzene rings is 1. The molecule has 1 aliphatic heterocycles. The third-order valence-electron chi connectivity index (χ3n) is 2.55. The zero-order valence-electron chi connectivity index (χ0n) is 9.36. The summed E-state index contributed by atoms with van der Waals surface area (Å²) in [5.41, 5.74) is 9.55. The van der Waals surface area contributed by atoms with Crippen LogP contribution in [-0.2, 0) is 11.3 Å². The highest BCUT2D eigenvalue weighted by Gasteiger charge is 2.18. The summed E-state index contributed by atoms with van der Waals surface area (Å²) < 4.78 is 5.66. The van der Waals surface area contributed by atoms with Crippen LogP contribution in [0.1, 0.15) is 18.1 Å². The number of hydrogen-bond donors (Lipinski definition) is 1. The summed E-state index contributed by atoms with van der Waals surface area (Å²) >= 11 is 0. The molecular weight excluding hydrogens is 198 g/mol. The highest BCUT2D eigenvalue weighted by Crippen LogP contribution is 2.33. The molecule has 2 nitrogen and oxygen atoms in total. The molecule has 1 aromatic rings. The highest BCUT2D eigenvalue weighted by molar-refractivity contribution is 5.81. The third-order valence-corrected chi connectivity index (χ3v) is 2.55. The zero-order chi connectivity index (χ0) is 11.5. The van der Waals surface area contributed by atoms with Crippen LogP contribution in [0, 0.1) is 0 Å². The molecular formula is C14H15NO. The largest absolute Gasteiger partial charge is 0.489 e. The molecule has 2 rings (SSSR count). The van der Waals surface area contributed by atoms with E-state index in [4.69, 9.17) is 10.5 Å². The molecule has 2 heteroatoms. The second-order valence-corrected chi connectivity index (χ2v) is 3.73. The second kappa shape index (κ2) is 4.27. The first-order chi connectivity index (χ1) is 7.72. The Kier molecular flexibility index (Phi) is 2.82. The molecule has 0 aliphatic carbocycles. The van der Waals surface area contributed by atoms with Crippen LogP contribution >= 0.6 is 0 Å². The monoisotopic (exact) mass is 213 g/mol. The minimum atomic E-state index is 0.537. The van der Waals surface area contributed by atoms with E-state index in [0.29, 0.717) is 12.3 Å². The van der Waals surface area contributed by atoms with Crippen LogP contribution in [-0.4, -0.2) is 0 Å². The maximum Gasteiger partial charge on any atom is 0.123 e. The van der Waals surface area contributed by atoms with E-state index < -0.39 is 0 Å². The van der Waals surface area contributed by atoms with E-state index in [1.165, 1.54) is 11.1 Å². The van der Waals surface area contributed by atoms with E-state index in [0.717, 1.165) is 11.3 Å². The predicted molar refractivity (Wildman–Crippen MR) is 66.3 cm³/mol. The lowest BCUT2D eigenvalue weighted by molar-refractivity contribution is 0.207. The van der Waals surface area contributed by atoms with Crippen molar-refractivity contribution in [2.75, 3.05) is 0 Å². The number of hydrogen-bond acceptors (Lipinski definition) is 2. The number of allylic oxidation sites excluding steroid dienone is 3. The Labute approximate surface area is 95.7 Å². The van der Waals surface area contributed by atoms with Gasteiger partial charge in [0.2, 0.25) is 0 Å². The Morgan fingerprint density at radius 2 is 2.19 bits per heavy atom. The Morgan fingerprint density at radius 3 is 2.88 bits per heavy atom. The minimum absolute atomic E-state index is 0.537. The highest BCUT2D eigenvalue weighted by atomic mass is 16.5. The van der Waals surface area contributed by atoms with Gasteiger partial charge in [-0.15, -0.1) is 0 Å². The van der Waals surface area contributed by atoms with E-state index in [9.17, 15) is 0 Å². The summed E-state index contributed by atoms with van der Waals surface area (Å²) in [7, 11) is 0. The van der Waals surface area contributed by atoms with Crippen molar-refractivity contribution in [3.05, 3.63) is 65.6 Å². The van der Waals surface area contributed by atoms with Gasteiger partial charge in [-0.25, -0.2) is 0 Å². The Bertz CT molecular complexity index is 483. The third kappa shape index (κ3) is 1.87. The molecule has 1 heterocycles. The van der Waals surface area contributed by atoms with Crippen LogP contribution in [0.25, 0.3) is 5.57 Å². The quantitative estimate of drug-likeness (QED) is 0.778. The SMILES string of the molecule is C=C(N)C=C1/C(=C\C)OCc2ccccc21. The fourth-order valence-electron chi connectivity index (χ4n) is 1.85. The van der Waals surface area contributed by atoms with Crippen molar-refractivity contribution in [2.24, 2.45) is 5.73 Å². The van der Waals surface area contributed by atoms with Gasteiger partial charge in [0.15, 0.2) is 0 Å². The molecule has 0 amide bonds. The van der Waals surface area contributed by atoms with Crippen molar-refractivity contribution < 1.29 is 4.74 Å². The lowest BCUT2D eigenvalue weighted by atomic mass is 9.95. The molecule has 16 heavy (non-hydrogen) atoms. The van der Waals surface area contributed by atoms with Gasteiger partial charge >= 0.3 is 0 Å². The molecule has 82 valence electrons. The van der Waals surface area contributed by atoms with Crippen LogP contribution < -0.4 is 5.73 Å². The smallest absolute Gasteiger partial charge is 0.123 e. The van der Waals surface area contributed by atoms with E-state index in [1.807, 2.05) is 31.2 Å². The van der Waals surface area contributed by atoms with Crippen molar-refractivity contribution in [1.82, 2.24) is 0 Å². The van der Waals surface area contributed by atoms with Crippen LogP contribution in [0.5, 0.6) is 0 Å². The topological polar surface area (TPSA) is 35.2 Å². The first-order valence-electron chi connectivity index (χ1n) is 5.26. The zero-order valence-corrected chi connectivity index (χ0v) is 9.36. The Hall–Kier alpha value is -1.96. The van der Waals surface area contributed by atoms with Gasteiger partial charge < -0.3 is 10.5 Å². The summed E-state index contributed by atoms with van der Waals surface area (Å²) in [6.07, 6.45) is 3.80. The van der Waals surface area contributed by atoms with Crippen LogP contribution in [0.4, 0.5) is 0 Å². The summed E-state index contributed by atoms with van der Waals surface area (Å²) in [5, 5.41) is 0. The van der Waals surface area contributed by atoms with Gasteiger partial charge in [0.05, 0.1) is 0 Å². The van der Waals surface area contributed by atoms with Crippen molar-refractivity contribution in [1.29, 1.82) is 0 Å². The fraction of sp³-hybridized carbons (Fsp3) is 0.143. The lowest BCUT2D eigenvalue weighted by Crippen LogP contribution is -2.08. The van der Waals surface area contributed by atoms with Gasteiger partial charge in [0.1, 0.15) is 12.4 Å². The second-order valence-electron chi connectivity index (χ2n) is 3.73. The van der Waals surface area contributed by atoms with Crippen LogP contribution in [0.2, 0.25) is 0 Å². The fourth-order valence-corrected chi connectivity index (χ4v) is 1.85. The van der Waals surface area contributed by atoms with Gasteiger partial charge in [-0.05, 0) is 30.2 Å². The molecule has 0 unspecified atom stereocenters. The Morgan fingerprint density at radius 1 is 1.44 bits per heavy atom. The van der Waals surface area contributed by atoms with Gasteiger partial charge in [-0.2, -0.15) is 0 Å². The molecule has 2 N–H and O–H groups in total. The van der Waals surface area contributed by atoms with E-state index in [-0.39, 0.29) is 0 Å². The van der Waals surface area contributed by atoms with Gasteiger partial charge in [0, 0.05) is 11.3 Å². The number of nitrogens with two attached hydrogens (primary N) is 1. The molecule has 1 aliphatic rings. The number of rotatable bonds is 1. The van der Waals surface area contributed by atoms with Gasteiger partial charge in [-0.1, -0.05) is 30.8 Å². The molecule has 1 aromatic carbocycles. The van der Waals surface area contributed by atoms with Gasteiger partial charge in [0.25, 0.3) is 0 Å². The summed E-state index contributed by atoms with van der Waals surface area (Å²) in [4.78, 5) is 0. The molecule has 0 bridgehead atoms.